The summed E-state index contributed by atoms with van der Waals surface area (Å²) < 4.78 is 6.24. The summed E-state index contributed by atoms with van der Waals surface area (Å²) in [6, 6.07) is 11.6. The van der Waals surface area contributed by atoms with Gasteiger partial charge in [0.25, 0.3) is 5.91 Å². The summed E-state index contributed by atoms with van der Waals surface area (Å²) in [6.07, 6.45) is 13.4. The van der Waals surface area contributed by atoms with Crippen LogP contribution in [0, 0.1) is 0 Å². The van der Waals surface area contributed by atoms with Crippen molar-refractivity contribution in [3.63, 3.8) is 0 Å². The van der Waals surface area contributed by atoms with Gasteiger partial charge in [-0.05, 0) is 107 Å². The Kier molecular flexibility index (Phi) is 8.59. The third-order valence-electron chi connectivity index (χ3n) is 9.39. The minimum Gasteiger partial charge on any atom is -0.442 e. The number of piperidine rings is 1. The van der Waals surface area contributed by atoms with E-state index in [-0.39, 0.29) is 24.3 Å². The molecule has 3 N–H and O–H groups in total. The van der Waals surface area contributed by atoms with Gasteiger partial charge >= 0.3 is 6.09 Å². The van der Waals surface area contributed by atoms with Crippen molar-refractivity contribution in [2.24, 2.45) is 5.73 Å². The summed E-state index contributed by atoms with van der Waals surface area (Å²) in [5.41, 5.74) is 11.2. The number of nitrogens with two attached hydrogens (primary N) is 1. The smallest absolute Gasteiger partial charge is 0.410 e. The molecule has 3 aromatic rings. The van der Waals surface area contributed by atoms with Crippen LogP contribution in [0.4, 0.5) is 4.79 Å². The lowest BCUT2D eigenvalue weighted by molar-refractivity contribution is 0.0284. The van der Waals surface area contributed by atoms with E-state index in [1.54, 1.807) is 6.07 Å². The van der Waals surface area contributed by atoms with E-state index in [0.29, 0.717) is 17.0 Å². The van der Waals surface area contributed by atoms with Crippen LogP contribution in [0.3, 0.4) is 0 Å². The minimum absolute atomic E-state index is 0.00808. The fourth-order valence-corrected chi connectivity index (χ4v) is 7.38. The van der Waals surface area contributed by atoms with E-state index < -0.39 is 5.91 Å². The average Bonchev–Trinajstić information content (AvgIpc) is 3.34. The molecule has 2 aromatic carbocycles. The number of nitrogens with one attached hydrogen (secondary N) is 1. The third kappa shape index (κ3) is 5.82. The molecule has 2 aliphatic carbocycles. The topological polar surface area (TPSA) is 91.7 Å². The van der Waals surface area contributed by atoms with E-state index in [0.717, 1.165) is 91.3 Å². The first-order valence-corrected chi connectivity index (χ1v) is 15.8. The van der Waals surface area contributed by atoms with Gasteiger partial charge in [-0.15, -0.1) is 0 Å². The Morgan fingerprint density at radius 2 is 1.81 bits per heavy atom. The Morgan fingerprint density at radius 3 is 2.60 bits per heavy atom. The number of allylic oxidation sites excluding steroid dienone is 1. The number of fused-ring (bicyclic) bond motifs is 3. The Balaban J connectivity index is 1.38. The number of nitrogens with zero attached hydrogens (tertiary/aromatic N) is 2. The zero-order valence-electron chi connectivity index (χ0n) is 24.4. The summed E-state index contributed by atoms with van der Waals surface area (Å²) in [7, 11) is 2.14. The number of hydrogen-bond acceptors (Lipinski definition) is 4. The molecule has 1 aromatic heterocycles. The molecule has 8 heteroatoms. The molecule has 2 heterocycles. The molecular formula is C34H41ClN4O3. The number of halogens is 1. The predicted octanol–water partition coefficient (Wildman–Crippen LogP) is 6.87. The highest BCUT2D eigenvalue weighted by molar-refractivity contribution is 6.33. The molecule has 2 amide bonds. The molecule has 2 unspecified atom stereocenters. The third-order valence-corrected chi connectivity index (χ3v) is 9.72. The standard InChI is InChI=1S/C34H41ClN4O3/c1-38-19-17-22(18-20-38)39(34(41)42-24-9-5-3-2-4-6-10-24)23-13-16-30-28(21-23)31-26(25-11-7-8-12-29(25)35)14-15-27(33(36)40)32(31)37-30/h5,7-9,11-12,14-15,22-24,37H,2-4,6,10,13,16-21H2,1H3,(H2,36,40)/b9-5-. The summed E-state index contributed by atoms with van der Waals surface area (Å²) in [5, 5.41) is 1.62. The molecule has 7 nitrogen and oxygen atoms in total. The van der Waals surface area contributed by atoms with Crippen molar-refractivity contribution in [2.45, 2.75) is 82.4 Å². The monoisotopic (exact) mass is 588 g/mol. The summed E-state index contributed by atoms with van der Waals surface area (Å²) in [4.78, 5) is 34.5. The first-order chi connectivity index (χ1) is 20.4. The number of aromatic nitrogens is 1. The average molecular weight is 589 g/mol. The van der Waals surface area contributed by atoms with Crippen LogP contribution in [-0.4, -0.2) is 65.1 Å². The van der Waals surface area contributed by atoms with Crippen LogP contribution in [-0.2, 0) is 17.6 Å². The quantitative estimate of drug-likeness (QED) is 0.318. The maximum absolute atomic E-state index is 14.0. The number of aromatic amines is 1. The Labute approximate surface area is 253 Å². The zero-order chi connectivity index (χ0) is 29.2. The van der Waals surface area contributed by atoms with E-state index >= 15 is 0 Å². The number of carbonyl (C=O) groups is 2. The number of likely N-dealkylation sites (tertiary alicyclic amines) is 1. The van der Waals surface area contributed by atoms with Crippen LogP contribution in [0.1, 0.15) is 73.0 Å². The van der Waals surface area contributed by atoms with Gasteiger partial charge in [0.05, 0.1) is 11.1 Å². The zero-order valence-corrected chi connectivity index (χ0v) is 25.2. The van der Waals surface area contributed by atoms with Gasteiger partial charge in [0.1, 0.15) is 6.10 Å². The first-order valence-electron chi connectivity index (χ1n) is 15.5. The summed E-state index contributed by atoms with van der Waals surface area (Å²) in [5.74, 6) is -0.468. The van der Waals surface area contributed by atoms with Gasteiger partial charge in [-0.2, -0.15) is 0 Å². The van der Waals surface area contributed by atoms with Gasteiger partial charge in [0.2, 0.25) is 0 Å². The number of benzene rings is 2. The van der Waals surface area contributed by atoms with Crippen molar-refractivity contribution < 1.29 is 14.3 Å². The van der Waals surface area contributed by atoms with Gasteiger partial charge in [-0.3, -0.25) is 4.79 Å². The highest BCUT2D eigenvalue weighted by Crippen LogP contribution is 2.41. The molecule has 1 fully saturated rings. The van der Waals surface area contributed by atoms with Crippen molar-refractivity contribution in [3.05, 3.63) is 70.4 Å². The Bertz CT molecular complexity index is 1490. The van der Waals surface area contributed by atoms with E-state index in [2.05, 4.69) is 34.0 Å². The van der Waals surface area contributed by atoms with Gasteiger partial charge in [-0.1, -0.05) is 48.4 Å². The molecule has 0 bridgehead atoms. The maximum Gasteiger partial charge on any atom is 0.410 e. The molecule has 1 aliphatic heterocycles. The fraction of sp³-hybridized carbons (Fsp3) is 0.471. The number of carbonyl (C=O) groups excluding carboxylic acids is 2. The van der Waals surface area contributed by atoms with Gasteiger partial charge < -0.3 is 25.3 Å². The lowest BCUT2D eigenvalue weighted by Gasteiger charge is -2.42. The number of amides is 2. The number of aryl methyl sites for hydroxylation is 1. The molecule has 0 saturated carbocycles. The van der Waals surface area contributed by atoms with Gasteiger partial charge in [0.15, 0.2) is 0 Å². The molecule has 42 heavy (non-hydrogen) atoms. The number of rotatable bonds is 5. The largest absolute Gasteiger partial charge is 0.442 e. The summed E-state index contributed by atoms with van der Waals surface area (Å²) >= 11 is 6.68. The predicted molar refractivity (Wildman–Crippen MR) is 168 cm³/mol. The lowest BCUT2D eigenvalue weighted by Crippen LogP contribution is -2.53. The van der Waals surface area contributed by atoms with Crippen molar-refractivity contribution in [3.8, 4) is 11.1 Å². The lowest BCUT2D eigenvalue weighted by atomic mass is 9.86. The first kappa shape index (κ1) is 28.8. The summed E-state index contributed by atoms with van der Waals surface area (Å²) in [6.45, 7) is 1.92. The van der Waals surface area contributed by atoms with Crippen LogP contribution in [0.15, 0.2) is 48.6 Å². The molecule has 0 spiro atoms. The fourth-order valence-electron chi connectivity index (χ4n) is 7.14. The van der Waals surface area contributed by atoms with Crippen molar-refractivity contribution in [1.82, 2.24) is 14.8 Å². The van der Waals surface area contributed by atoms with Crippen LogP contribution < -0.4 is 5.73 Å². The van der Waals surface area contributed by atoms with E-state index in [1.165, 1.54) is 12.8 Å². The highest BCUT2D eigenvalue weighted by Gasteiger charge is 2.38. The number of hydrogen-bond donors (Lipinski definition) is 2. The molecule has 6 rings (SSSR count). The van der Waals surface area contributed by atoms with Crippen molar-refractivity contribution >= 4 is 34.5 Å². The second kappa shape index (κ2) is 12.5. The molecular weight excluding hydrogens is 548 g/mol. The van der Waals surface area contributed by atoms with Crippen LogP contribution in [0.2, 0.25) is 5.02 Å². The molecule has 3 aliphatic rings. The van der Waals surface area contributed by atoms with Gasteiger partial charge in [-0.25, -0.2) is 4.79 Å². The molecule has 222 valence electrons. The molecule has 2 atom stereocenters. The maximum atomic E-state index is 14.0. The highest BCUT2D eigenvalue weighted by atomic mass is 35.5. The Hall–Kier alpha value is -3.29. The number of H-pyrrole nitrogens is 1. The normalized spacial score (nSPS) is 22.6. The number of primary amides is 1. The van der Waals surface area contributed by atoms with Crippen LogP contribution >= 0.6 is 11.6 Å². The van der Waals surface area contributed by atoms with E-state index in [4.69, 9.17) is 22.1 Å². The Morgan fingerprint density at radius 1 is 1.00 bits per heavy atom. The second-order valence-corrected chi connectivity index (χ2v) is 12.6. The van der Waals surface area contributed by atoms with Crippen LogP contribution in [0.25, 0.3) is 22.0 Å². The van der Waals surface area contributed by atoms with E-state index in [9.17, 15) is 9.59 Å². The second-order valence-electron chi connectivity index (χ2n) is 12.2. The molecule has 0 radical (unpaired) electrons. The molecule has 1 saturated heterocycles. The van der Waals surface area contributed by atoms with Crippen molar-refractivity contribution in [2.75, 3.05) is 20.1 Å². The van der Waals surface area contributed by atoms with E-state index in [1.807, 2.05) is 30.3 Å². The SMILES string of the molecule is CN1CCC(N(C(=O)OC2/C=C\CCCCC2)C2CCc3[nH]c4c(C(N)=O)ccc(-c5ccccc5Cl)c4c3C2)CC1. The number of ether oxygens (including phenoxy) is 1. The minimum atomic E-state index is -0.468. The van der Waals surface area contributed by atoms with Gasteiger partial charge in [0, 0.05) is 33.7 Å². The van der Waals surface area contributed by atoms with Crippen molar-refractivity contribution in [1.29, 1.82) is 0 Å². The van der Waals surface area contributed by atoms with Crippen LogP contribution in [0.5, 0.6) is 0 Å².